The molecule has 1 aromatic carbocycles. The maximum atomic E-state index is 11.6. The van der Waals surface area contributed by atoms with Gasteiger partial charge in [-0.25, -0.2) is 4.98 Å². The fourth-order valence-electron chi connectivity index (χ4n) is 1.91. The van der Waals surface area contributed by atoms with E-state index in [1.807, 2.05) is 34.3 Å². The van der Waals surface area contributed by atoms with Gasteiger partial charge in [0.1, 0.15) is 5.82 Å². The Morgan fingerprint density at radius 1 is 1.53 bits per heavy atom. The van der Waals surface area contributed by atoms with Gasteiger partial charge in [-0.05, 0) is 19.1 Å². The minimum atomic E-state index is 0.0650. The summed E-state index contributed by atoms with van der Waals surface area (Å²) in [6, 6.07) is 8.64. The van der Waals surface area contributed by atoms with Crippen molar-refractivity contribution in [2.75, 3.05) is 0 Å². The number of aromatic nitrogens is 2. The summed E-state index contributed by atoms with van der Waals surface area (Å²) in [5.74, 6) is 0.905. The standard InChI is InChI=1S/C13H9N2OS/c1-9(16)11-6-15(13-7-17-8-14-13)12-5-3-2-4-10(11)12/h2,4-8H,1H3. The molecule has 83 valence electrons. The average Bonchev–Trinajstić information content (AvgIpc) is 2.95. The average molecular weight is 241 g/mol. The molecule has 3 rings (SSSR count). The summed E-state index contributed by atoms with van der Waals surface area (Å²) in [7, 11) is 0. The Morgan fingerprint density at radius 2 is 2.41 bits per heavy atom. The van der Waals surface area contributed by atoms with Gasteiger partial charge in [-0.1, -0.05) is 12.1 Å². The summed E-state index contributed by atoms with van der Waals surface area (Å²) in [6.45, 7) is 1.58. The van der Waals surface area contributed by atoms with Gasteiger partial charge in [-0.2, -0.15) is 0 Å². The molecule has 0 spiro atoms. The minimum Gasteiger partial charge on any atom is -0.300 e. The van der Waals surface area contributed by atoms with Crippen LogP contribution in [0.1, 0.15) is 17.3 Å². The van der Waals surface area contributed by atoms with E-state index >= 15 is 0 Å². The van der Waals surface area contributed by atoms with E-state index in [2.05, 4.69) is 11.1 Å². The number of benzene rings is 1. The number of carbonyl (C=O) groups excluding carboxylic acids is 1. The molecular weight excluding hydrogens is 232 g/mol. The van der Waals surface area contributed by atoms with Crippen LogP contribution in [0, 0.1) is 6.07 Å². The molecule has 0 aliphatic heterocycles. The van der Waals surface area contributed by atoms with Crippen molar-refractivity contribution in [2.24, 2.45) is 0 Å². The van der Waals surface area contributed by atoms with Crippen LogP contribution in [0.5, 0.6) is 0 Å². The van der Waals surface area contributed by atoms with Crippen molar-refractivity contribution in [2.45, 2.75) is 6.92 Å². The largest absolute Gasteiger partial charge is 0.300 e. The predicted octanol–water partition coefficient (Wildman–Crippen LogP) is 3.09. The van der Waals surface area contributed by atoms with Crippen LogP contribution in [0.15, 0.2) is 35.3 Å². The second-order valence-corrected chi connectivity index (χ2v) is 4.48. The number of fused-ring (bicyclic) bond motifs is 1. The third kappa shape index (κ3) is 1.57. The molecule has 0 saturated carbocycles. The summed E-state index contributed by atoms with van der Waals surface area (Å²) >= 11 is 1.53. The molecule has 3 nitrogen and oxygen atoms in total. The molecule has 2 aromatic heterocycles. The lowest BCUT2D eigenvalue weighted by atomic mass is 10.1. The zero-order chi connectivity index (χ0) is 11.8. The van der Waals surface area contributed by atoms with Gasteiger partial charge < -0.3 is 0 Å². The van der Waals surface area contributed by atoms with Gasteiger partial charge in [-0.15, -0.1) is 11.3 Å². The zero-order valence-electron chi connectivity index (χ0n) is 9.18. The van der Waals surface area contributed by atoms with E-state index in [0.29, 0.717) is 0 Å². The number of carbonyl (C=O) groups is 1. The molecule has 0 bridgehead atoms. The van der Waals surface area contributed by atoms with Crippen molar-refractivity contribution in [1.82, 2.24) is 9.55 Å². The van der Waals surface area contributed by atoms with Crippen LogP contribution < -0.4 is 0 Å². The van der Waals surface area contributed by atoms with Gasteiger partial charge in [0.2, 0.25) is 0 Å². The van der Waals surface area contributed by atoms with Gasteiger partial charge in [0.05, 0.1) is 11.0 Å². The molecule has 0 atom stereocenters. The maximum absolute atomic E-state index is 11.6. The van der Waals surface area contributed by atoms with Crippen LogP contribution in [0.25, 0.3) is 16.7 Å². The van der Waals surface area contributed by atoms with Crippen LogP contribution in [-0.4, -0.2) is 15.3 Å². The van der Waals surface area contributed by atoms with Gasteiger partial charge in [0.15, 0.2) is 5.78 Å². The number of Topliss-reactive ketones (excluding diaryl/α,β-unsaturated/α-hetero) is 1. The molecule has 2 heterocycles. The first-order chi connectivity index (χ1) is 8.27. The Balaban J connectivity index is 2.37. The molecule has 3 aromatic rings. The van der Waals surface area contributed by atoms with E-state index in [9.17, 15) is 4.79 Å². The van der Waals surface area contributed by atoms with Crippen molar-refractivity contribution in [3.05, 3.63) is 46.9 Å². The fourth-order valence-corrected chi connectivity index (χ4v) is 2.44. The van der Waals surface area contributed by atoms with Crippen molar-refractivity contribution < 1.29 is 4.79 Å². The second kappa shape index (κ2) is 3.82. The lowest BCUT2D eigenvalue weighted by Crippen LogP contribution is -1.92. The van der Waals surface area contributed by atoms with Gasteiger partial charge in [0.25, 0.3) is 0 Å². The highest BCUT2D eigenvalue weighted by atomic mass is 32.1. The van der Waals surface area contributed by atoms with E-state index in [0.717, 1.165) is 22.3 Å². The van der Waals surface area contributed by atoms with Crippen LogP contribution in [-0.2, 0) is 0 Å². The normalized spacial score (nSPS) is 10.9. The molecule has 0 saturated heterocycles. The molecule has 0 aliphatic carbocycles. The van der Waals surface area contributed by atoms with E-state index in [4.69, 9.17) is 0 Å². The highest BCUT2D eigenvalue weighted by Crippen LogP contribution is 2.24. The lowest BCUT2D eigenvalue weighted by Gasteiger charge is -1.98. The number of hydrogen-bond acceptors (Lipinski definition) is 3. The van der Waals surface area contributed by atoms with Crippen molar-refractivity contribution in [1.29, 1.82) is 0 Å². The number of hydrogen-bond donors (Lipinski definition) is 0. The maximum Gasteiger partial charge on any atom is 0.161 e. The lowest BCUT2D eigenvalue weighted by molar-refractivity contribution is 0.101. The third-order valence-corrected chi connectivity index (χ3v) is 3.27. The summed E-state index contributed by atoms with van der Waals surface area (Å²) in [4.78, 5) is 15.9. The van der Waals surface area contributed by atoms with Crippen LogP contribution in [0.2, 0.25) is 0 Å². The first-order valence-electron chi connectivity index (χ1n) is 5.18. The van der Waals surface area contributed by atoms with E-state index in [1.54, 1.807) is 12.4 Å². The van der Waals surface area contributed by atoms with E-state index in [-0.39, 0.29) is 5.78 Å². The summed E-state index contributed by atoms with van der Waals surface area (Å²) < 4.78 is 1.93. The minimum absolute atomic E-state index is 0.0650. The number of thiazole rings is 1. The SMILES string of the molecule is CC(=O)c1cn(-c2cscn2)c2c[c]ccc12. The fraction of sp³-hybridized carbons (Fsp3) is 0.0769. The Labute approximate surface area is 102 Å². The number of nitrogens with zero attached hydrogens (tertiary/aromatic N) is 2. The highest BCUT2D eigenvalue weighted by Gasteiger charge is 2.12. The second-order valence-electron chi connectivity index (χ2n) is 3.76. The van der Waals surface area contributed by atoms with Crippen LogP contribution >= 0.6 is 11.3 Å². The van der Waals surface area contributed by atoms with Gasteiger partial charge >= 0.3 is 0 Å². The van der Waals surface area contributed by atoms with Gasteiger partial charge in [0, 0.05) is 22.5 Å². The molecule has 1 radical (unpaired) electrons. The third-order valence-electron chi connectivity index (χ3n) is 2.70. The van der Waals surface area contributed by atoms with Crippen LogP contribution in [0.3, 0.4) is 0 Å². The topological polar surface area (TPSA) is 34.9 Å². The quantitative estimate of drug-likeness (QED) is 0.646. The first kappa shape index (κ1) is 10.2. The monoisotopic (exact) mass is 241 g/mol. The number of ketones is 1. The molecule has 0 fully saturated rings. The summed E-state index contributed by atoms with van der Waals surface area (Å²) in [6.07, 6.45) is 1.84. The molecule has 0 unspecified atom stereocenters. The van der Waals surface area contributed by atoms with Crippen molar-refractivity contribution in [3.8, 4) is 5.82 Å². The van der Waals surface area contributed by atoms with Crippen molar-refractivity contribution in [3.63, 3.8) is 0 Å². The number of rotatable bonds is 2. The molecular formula is C13H9N2OS. The molecule has 4 heteroatoms. The Bertz CT molecular complexity index is 683. The molecule has 0 N–H and O–H groups in total. The summed E-state index contributed by atoms with van der Waals surface area (Å²) in [5.41, 5.74) is 3.46. The van der Waals surface area contributed by atoms with Gasteiger partial charge in [-0.3, -0.25) is 9.36 Å². The first-order valence-corrected chi connectivity index (χ1v) is 6.12. The molecule has 0 aliphatic rings. The Kier molecular flexibility index (Phi) is 2.30. The van der Waals surface area contributed by atoms with E-state index in [1.165, 1.54) is 11.3 Å². The van der Waals surface area contributed by atoms with Crippen molar-refractivity contribution >= 4 is 28.0 Å². The Hall–Kier alpha value is -1.94. The predicted molar refractivity (Wildman–Crippen MR) is 67.8 cm³/mol. The molecule has 17 heavy (non-hydrogen) atoms. The smallest absolute Gasteiger partial charge is 0.161 e. The summed E-state index contributed by atoms with van der Waals surface area (Å²) in [5, 5.41) is 2.90. The highest BCUT2D eigenvalue weighted by molar-refractivity contribution is 7.07. The molecule has 0 amide bonds. The Morgan fingerprint density at radius 3 is 3.12 bits per heavy atom. The van der Waals surface area contributed by atoms with E-state index < -0.39 is 0 Å². The van der Waals surface area contributed by atoms with Crippen LogP contribution in [0.4, 0.5) is 0 Å². The zero-order valence-corrected chi connectivity index (χ0v) is 9.99.